The van der Waals surface area contributed by atoms with Gasteiger partial charge in [-0.05, 0) is 29.3 Å². The maximum atomic E-state index is 11.9. The Bertz CT molecular complexity index is 806. The molecule has 0 saturated carbocycles. The number of nitrogens with zero attached hydrogens (tertiary/aromatic N) is 1. The zero-order valence-corrected chi connectivity index (χ0v) is 14.4. The van der Waals surface area contributed by atoms with Gasteiger partial charge in [0.1, 0.15) is 0 Å². The predicted octanol–water partition coefficient (Wildman–Crippen LogP) is 2.01. The minimum absolute atomic E-state index is 0.131. The fourth-order valence-electron chi connectivity index (χ4n) is 2.00. The molecule has 1 aromatic heterocycles. The highest BCUT2D eigenvalue weighted by atomic mass is 32.2. The third-order valence-electron chi connectivity index (χ3n) is 3.19. The van der Waals surface area contributed by atoms with Crippen molar-refractivity contribution in [1.29, 1.82) is 0 Å². The van der Waals surface area contributed by atoms with E-state index in [1.807, 2.05) is 6.07 Å². The Morgan fingerprint density at radius 3 is 2.56 bits per heavy atom. The molecule has 0 aliphatic heterocycles. The van der Waals surface area contributed by atoms with Crippen LogP contribution in [0.1, 0.15) is 11.1 Å². The molecule has 7 nitrogen and oxygen atoms in total. The first-order valence-corrected chi connectivity index (χ1v) is 9.25. The van der Waals surface area contributed by atoms with Gasteiger partial charge in [-0.15, -0.1) is 6.58 Å². The molecule has 8 heteroatoms. The van der Waals surface area contributed by atoms with Gasteiger partial charge in [0.25, 0.3) is 0 Å². The van der Waals surface area contributed by atoms with E-state index in [2.05, 4.69) is 26.9 Å². The minimum atomic E-state index is -3.40. The number of rotatable bonds is 8. The summed E-state index contributed by atoms with van der Waals surface area (Å²) in [4.78, 5) is 15.8. The SMILES string of the molecule is C=CCNS(=O)(=O)Cc1ccc(NC(=O)NCc2cccnc2)cc1. The van der Waals surface area contributed by atoms with Crippen molar-refractivity contribution in [2.45, 2.75) is 12.3 Å². The molecule has 2 amide bonds. The number of carbonyl (C=O) groups is 1. The van der Waals surface area contributed by atoms with E-state index in [9.17, 15) is 13.2 Å². The van der Waals surface area contributed by atoms with Crippen molar-refractivity contribution in [1.82, 2.24) is 15.0 Å². The third-order valence-corrected chi connectivity index (χ3v) is 4.51. The van der Waals surface area contributed by atoms with E-state index >= 15 is 0 Å². The molecule has 0 spiro atoms. The van der Waals surface area contributed by atoms with E-state index in [0.717, 1.165) is 5.56 Å². The number of hydrogen-bond donors (Lipinski definition) is 3. The van der Waals surface area contributed by atoms with Crippen LogP contribution >= 0.6 is 0 Å². The summed E-state index contributed by atoms with van der Waals surface area (Å²) >= 11 is 0. The van der Waals surface area contributed by atoms with Crippen LogP contribution in [0.2, 0.25) is 0 Å². The lowest BCUT2D eigenvalue weighted by Crippen LogP contribution is -2.28. The molecule has 1 heterocycles. The fraction of sp³-hybridized carbons (Fsp3) is 0.176. The van der Waals surface area contributed by atoms with E-state index in [4.69, 9.17) is 0 Å². The summed E-state index contributed by atoms with van der Waals surface area (Å²) in [5.74, 6) is -0.131. The standard InChI is InChI=1S/C17H20N4O3S/c1-2-9-20-25(23,24)13-14-5-7-16(8-6-14)21-17(22)19-12-15-4-3-10-18-11-15/h2-8,10-11,20H,1,9,12-13H2,(H2,19,21,22). The van der Waals surface area contributed by atoms with Crippen LogP contribution in [-0.2, 0) is 22.3 Å². The van der Waals surface area contributed by atoms with Crippen LogP contribution in [0.4, 0.5) is 10.5 Å². The number of benzene rings is 1. The summed E-state index contributed by atoms with van der Waals surface area (Å²) in [7, 11) is -3.40. The van der Waals surface area contributed by atoms with E-state index in [-0.39, 0.29) is 18.3 Å². The van der Waals surface area contributed by atoms with Gasteiger partial charge in [0.2, 0.25) is 10.0 Å². The summed E-state index contributed by atoms with van der Waals surface area (Å²) in [5, 5.41) is 5.41. The zero-order valence-electron chi connectivity index (χ0n) is 13.6. The smallest absolute Gasteiger partial charge is 0.319 e. The minimum Gasteiger partial charge on any atom is -0.334 e. The molecule has 25 heavy (non-hydrogen) atoms. The zero-order chi connectivity index (χ0) is 18.1. The van der Waals surface area contributed by atoms with Gasteiger partial charge in [0.15, 0.2) is 0 Å². The first kappa shape index (κ1) is 18.6. The quantitative estimate of drug-likeness (QED) is 0.627. The van der Waals surface area contributed by atoms with Crippen molar-refractivity contribution in [3.8, 4) is 0 Å². The first-order chi connectivity index (χ1) is 12.0. The molecule has 3 N–H and O–H groups in total. The molecule has 0 unspecified atom stereocenters. The normalized spacial score (nSPS) is 10.9. The molecule has 0 radical (unpaired) electrons. The summed E-state index contributed by atoms with van der Waals surface area (Å²) in [6.07, 6.45) is 4.82. The molecular weight excluding hydrogens is 340 g/mol. The Labute approximate surface area is 147 Å². The molecule has 0 aliphatic carbocycles. The topological polar surface area (TPSA) is 100 Å². The lowest BCUT2D eigenvalue weighted by Gasteiger charge is -2.09. The number of anilines is 1. The largest absolute Gasteiger partial charge is 0.334 e. The second kappa shape index (κ2) is 8.95. The summed E-state index contributed by atoms with van der Waals surface area (Å²) in [6.45, 7) is 4.03. The highest BCUT2D eigenvalue weighted by molar-refractivity contribution is 7.88. The summed E-state index contributed by atoms with van der Waals surface area (Å²) in [5.41, 5.74) is 2.09. The third kappa shape index (κ3) is 6.74. The van der Waals surface area contributed by atoms with Crippen LogP contribution in [0, 0.1) is 0 Å². The second-order valence-electron chi connectivity index (χ2n) is 5.26. The van der Waals surface area contributed by atoms with Gasteiger partial charge in [-0.2, -0.15) is 0 Å². The number of aromatic nitrogens is 1. The highest BCUT2D eigenvalue weighted by Crippen LogP contribution is 2.11. The van der Waals surface area contributed by atoms with Crippen LogP contribution in [0.5, 0.6) is 0 Å². The molecule has 1 aromatic carbocycles. The number of amides is 2. The van der Waals surface area contributed by atoms with E-state index in [1.165, 1.54) is 6.08 Å². The number of hydrogen-bond acceptors (Lipinski definition) is 4. The van der Waals surface area contributed by atoms with Gasteiger partial charge in [0, 0.05) is 31.2 Å². The van der Waals surface area contributed by atoms with E-state index < -0.39 is 10.0 Å². The molecule has 0 bridgehead atoms. The highest BCUT2D eigenvalue weighted by Gasteiger charge is 2.10. The average molecular weight is 360 g/mol. The lowest BCUT2D eigenvalue weighted by molar-refractivity contribution is 0.251. The van der Waals surface area contributed by atoms with Gasteiger partial charge in [0.05, 0.1) is 5.75 Å². The van der Waals surface area contributed by atoms with Crippen molar-refractivity contribution in [3.63, 3.8) is 0 Å². The van der Waals surface area contributed by atoms with E-state index in [1.54, 1.807) is 42.7 Å². The Balaban J connectivity index is 1.85. The maximum Gasteiger partial charge on any atom is 0.319 e. The Morgan fingerprint density at radius 2 is 1.92 bits per heavy atom. The van der Waals surface area contributed by atoms with Crippen molar-refractivity contribution in [3.05, 3.63) is 72.6 Å². The van der Waals surface area contributed by atoms with Gasteiger partial charge >= 0.3 is 6.03 Å². The van der Waals surface area contributed by atoms with Crippen molar-refractivity contribution < 1.29 is 13.2 Å². The van der Waals surface area contributed by atoms with Crippen molar-refractivity contribution in [2.24, 2.45) is 0 Å². The maximum absolute atomic E-state index is 11.9. The molecule has 0 aliphatic rings. The molecule has 2 rings (SSSR count). The van der Waals surface area contributed by atoms with Crippen molar-refractivity contribution in [2.75, 3.05) is 11.9 Å². The Kier molecular flexibility index (Phi) is 6.67. The van der Waals surface area contributed by atoms with Crippen LogP contribution in [0.15, 0.2) is 61.4 Å². The number of urea groups is 1. The molecule has 0 fully saturated rings. The lowest BCUT2D eigenvalue weighted by atomic mass is 10.2. The average Bonchev–Trinajstić information content (AvgIpc) is 2.61. The first-order valence-electron chi connectivity index (χ1n) is 7.59. The molecule has 0 atom stereocenters. The Morgan fingerprint density at radius 1 is 1.16 bits per heavy atom. The second-order valence-corrected chi connectivity index (χ2v) is 7.07. The number of sulfonamides is 1. The number of carbonyl (C=O) groups excluding carboxylic acids is 1. The predicted molar refractivity (Wildman–Crippen MR) is 97.4 cm³/mol. The summed E-state index contributed by atoms with van der Waals surface area (Å²) < 4.78 is 26.0. The van der Waals surface area contributed by atoms with Gasteiger partial charge in [-0.3, -0.25) is 4.98 Å². The summed E-state index contributed by atoms with van der Waals surface area (Å²) in [6, 6.07) is 9.93. The van der Waals surface area contributed by atoms with Crippen LogP contribution < -0.4 is 15.4 Å². The van der Waals surface area contributed by atoms with Crippen LogP contribution in [-0.4, -0.2) is 26.0 Å². The van der Waals surface area contributed by atoms with E-state index in [0.29, 0.717) is 17.8 Å². The number of pyridine rings is 1. The molecule has 132 valence electrons. The monoisotopic (exact) mass is 360 g/mol. The van der Waals surface area contributed by atoms with Gasteiger partial charge in [-0.25, -0.2) is 17.9 Å². The van der Waals surface area contributed by atoms with Gasteiger partial charge < -0.3 is 10.6 Å². The molecule has 0 saturated heterocycles. The van der Waals surface area contributed by atoms with Crippen LogP contribution in [0.3, 0.4) is 0 Å². The van der Waals surface area contributed by atoms with Crippen molar-refractivity contribution >= 4 is 21.7 Å². The van der Waals surface area contributed by atoms with Gasteiger partial charge in [-0.1, -0.05) is 24.3 Å². The van der Waals surface area contributed by atoms with Crippen LogP contribution in [0.25, 0.3) is 0 Å². The number of nitrogens with one attached hydrogen (secondary N) is 3. The fourth-order valence-corrected chi connectivity index (χ4v) is 3.11. The molecule has 2 aromatic rings. The Hall–Kier alpha value is -2.71. The molecular formula is C17H20N4O3S.